The van der Waals surface area contributed by atoms with Gasteiger partial charge in [-0.25, -0.2) is 0 Å². The van der Waals surface area contributed by atoms with Crippen LogP contribution in [0.3, 0.4) is 0 Å². The monoisotopic (exact) mass is 398 g/mol. The summed E-state index contributed by atoms with van der Waals surface area (Å²) < 4.78 is 5.20. The van der Waals surface area contributed by atoms with Gasteiger partial charge < -0.3 is 15.2 Å². The summed E-state index contributed by atoms with van der Waals surface area (Å²) in [6, 6.07) is 7.25. The highest BCUT2D eigenvalue weighted by Gasteiger charge is 2.22. The average molecular weight is 399 g/mol. The van der Waals surface area contributed by atoms with Crippen LogP contribution in [-0.4, -0.2) is 29.1 Å². The number of piperidine rings is 1. The van der Waals surface area contributed by atoms with Gasteiger partial charge in [-0.2, -0.15) is 4.98 Å². The van der Waals surface area contributed by atoms with Gasteiger partial charge >= 0.3 is 0 Å². The zero-order chi connectivity index (χ0) is 17.6. The second-order valence-electron chi connectivity index (χ2n) is 6.57. The summed E-state index contributed by atoms with van der Waals surface area (Å²) in [5.41, 5.74) is 0.786. The molecule has 0 saturated carbocycles. The van der Waals surface area contributed by atoms with Crippen LogP contribution in [0.5, 0.6) is 0 Å². The molecule has 1 unspecified atom stereocenters. The van der Waals surface area contributed by atoms with Crippen molar-refractivity contribution in [1.29, 1.82) is 0 Å². The van der Waals surface area contributed by atoms with Crippen molar-refractivity contribution in [1.82, 2.24) is 20.8 Å². The van der Waals surface area contributed by atoms with E-state index in [2.05, 4.69) is 27.7 Å². The number of benzene rings is 1. The summed E-state index contributed by atoms with van der Waals surface area (Å²) >= 11 is 5.97. The molecule has 3 rings (SSSR count). The van der Waals surface area contributed by atoms with E-state index in [0.717, 1.165) is 31.5 Å². The Morgan fingerprint density at radius 3 is 2.92 bits per heavy atom. The van der Waals surface area contributed by atoms with Crippen LogP contribution in [0.4, 0.5) is 0 Å². The van der Waals surface area contributed by atoms with E-state index in [0.29, 0.717) is 35.0 Å². The van der Waals surface area contributed by atoms with Crippen LogP contribution in [0.25, 0.3) is 11.4 Å². The van der Waals surface area contributed by atoms with Gasteiger partial charge in [-0.3, -0.25) is 4.79 Å². The molecular formula is C18H24Cl2N4O2. The molecule has 1 aliphatic heterocycles. The van der Waals surface area contributed by atoms with E-state index in [1.807, 2.05) is 12.1 Å². The van der Waals surface area contributed by atoms with Gasteiger partial charge in [-0.1, -0.05) is 35.8 Å². The van der Waals surface area contributed by atoms with Gasteiger partial charge in [-0.15, -0.1) is 12.4 Å². The van der Waals surface area contributed by atoms with Gasteiger partial charge in [-0.05, 0) is 49.9 Å². The molecule has 142 valence electrons. The lowest BCUT2D eigenvalue weighted by Gasteiger charge is -2.27. The second kappa shape index (κ2) is 9.90. The SMILES string of the molecule is CC(CC(=O)NCc1nc(-c2cccc(Cl)c2)no1)C1CCNCC1.Cl. The molecule has 1 aliphatic rings. The Balaban J connectivity index is 0.00000243. The Hall–Kier alpha value is -1.63. The number of carbonyl (C=O) groups excluding carboxylic acids is 1. The van der Waals surface area contributed by atoms with E-state index in [1.165, 1.54) is 0 Å². The van der Waals surface area contributed by atoms with E-state index < -0.39 is 0 Å². The van der Waals surface area contributed by atoms with Crippen molar-refractivity contribution in [3.8, 4) is 11.4 Å². The quantitative estimate of drug-likeness (QED) is 0.778. The second-order valence-corrected chi connectivity index (χ2v) is 7.00. The van der Waals surface area contributed by atoms with E-state index >= 15 is 0 Å². The van der Waals surface area contributed by atoms with E-state index in [1.54, 1.807) is 12.1 Å². The number of carbonyl (C=O) groups is 1. The average Bonchev–Trinajstić information content (AvgIpc) is 3.10. The first-order valence-electron chi connectivity index (χ1n) is 8.68. The van der Waals surface area contributed by atoms with E-state index in [4.69, 9.17) is 16.1 Å². The fourth-order valence-corrected chi connectivity index (χ4v) is 3.38. The van der Waals surface area contributed by atoms with Crippen molar-refractivity contribution >= 4 is 29.9 Å². The van der Waals surface area contributed by atoms with Gasteiger partial charge in [0.1, 0.15) is 0 Å². The summed E-state index contributed by atoms with van der Waals surface area (Å²) in [7, 11) is 0. The molecule has 1 amide bonds. The molecule has 2 heterocycles. The molecule has 0 bridgehead atoms. The minimum atomic E-state index is 0. The molecule has 8 heteroatoms. The van der Waals surface area contributed by atoms with Crippen LogP contribution in [0, 0.1) is 11.8 Å². The normalized spacial score (nSPS) is 15.9. The van der Waals surface area contributed by atoms with Crippen molar-refractivity contribution in [3.05, 3.63) is 35.2 Å². The third-order valence-corrected chi connectivity index (χ3v) is 4.92. The van der Waals surface area contributed by atoms with E-state index in [9.17, 15) is 4.79 Å². The Morgan fingerprint density at radius 1 is 1.42 bits per heavy atom. The molecule has 6 nitrogen and oxygen atoms in total. The smallest absolute Gasteiger partial charge is 0.246 e. The number of amides is 1. The third kappa shape index (κ3) is 5.69. The predicted molar refractivity (Wildman–Crippen MR) is 103 cm³/mol. The highest BCUT2D eigenvalue weighted by atomic mass is 35.5. The number of hydrogen-bond donors (Lipinski definition) is 2. The predicted octanol–water partition coefficient (Wildman–Crippen LogP) is 3.45. The van der Waals surface area contributed by atoms with Gasteiger partial charge in [0.05, 0.1) is 6.54 Å². The molecule has 1 aromatic carbocycles. The van der Waals surface area contributed by atoms with Crippen molar-refractivity contribution in [3.63, 3.8) is 0 Å². The van der Waals surface area contributed by atoms with Crippen LogP contribution in [0.2, 0.25) is 5.02 Å². The molecule has 1 aromatic heterocycles. The van der Waals surface area contributed by atoms with Gasteiger partial charge in [0.2, 0.25) is 17.6 Å². The molecule has 1 fully saturated rings. The zero-order valence-corrected chi connectivity index (χ0v) is 16.3. The van der Waals surface area contributed by atoms with Crippen LogP contribution >= 0.6 is 24.0 Å². The Bertz CT molecular complexity index is 717. The van der Waals surface area contributed by atoms with E-state index in [-0.39, 0.29) is 24.9 Å². The van der Waals surface area contributed by atoms with Crippen LogP contribution in [-0.2, 0) is 11.3 Å². The summed E-state index contributed by atoms with van der Waals surface area (Å²) in [6.45, 7) is 4.49. The number of nitrogens with zero attached hydrogens (tertiary/aromatic N) is 2. The minimum Gasteiger partial charge on any atom is -0.347 e. The fraction of sp³-hybridized carbons (Fsp3) is 0.500. The molecule has 2 N–H and O–H groups in total. The first-order valence-corrected chi connectivity index (χ1v) is 9.05. The first kappa shape index (κ1) is 20.7. The molecular weight excluding hydrogens is 375 g/mol. The molecule has 0 aliphatic carbocycles. The molecule has 1 atom stereocenters. The van der Waals surface area contributed by atoms with Gasteiger partial charge in [0, 0.05) is 17.0 Å². The highest BCUT2D eigenvalue weighted by molar-refractivity contribution is 6.30. The maximum atomic E-state index is 12.2. The van der Waals surface area contributed by atoms with Crippen molar-refractivity contribution < 1.29 is 9.32 Å². The van der Waals surface area contributed by atoms with Crippen LogP contribution in [0.15, 0.2) is 28.8 Å². The van der Waals surface area contributed by atoms with Crippen molar-refractivity contribution in [2.75, 3.05) is 13.1 Å². The lowest BCUT2D eigenvalue weighted by Crippen LogP contribution is -2.33. The maximum Gasteiger partial charge on any atom is 0.246 e. The Labute approximate surface area is 164 Å². The lowest BCUT2D eigenvalue weighted by atomic mass is 9.84. The Morgan fingerprint density at radius 2 is 2.19 bits per heavy atom. The molecule has 0 radical (unpaired) electrons. The number of rotatable bonds is 6. The molecule has 26 heavy (non-hydrogen) atoms. The lowest BCUT2D eigenvalue weighted by molar-refractivity contribution is -0.122. The maximum absolute atomic E-state index is 12.2. The van der Waals surface area contributed by atoms with Gasteiger partial charge in [0.15, 0.2) is 0 Å². The number of nitrogens with one attached hydrogen (secondary N) is 2. The number of hydrogen-bond acceptors (Lipinski definition) is 5. The summed E-state index contributed by atoms with van der Waals surface area (Å²) in [5, 5.41) is 10.8. The Kier molecular flexibility index (Phi) is 7.87. The largest absolute Gasteiger partial charge is 0.347 e. The first-order chi connectivity index (χ1) is 12.1. The molecule has 0 spiro atoms. The van der Waals surface area contributed by atoms with Crippen LogP contribution < -0.4 is 10.6 Å². The standard InChI is InChI=1S/C18H23ClN4O2.ClH/c1-12(13-5-7-20-8-6-13)9-16(24)21-11-17-22-18(23-25-17)14-3-2-4-15(19)10-14;/h2-4,10,12-13,20H,5-9,11H2,1H3,(H,21,24);1H. The third-order valence-electron chi connectivity index (χ3n) is 4.68. The fourth-order valence-electron chi connectivity index (χ4n) is 3.19. The molecule has 1 saturated heterocycles. The minimum absolute atomic E-state index is 0. The summed E-state index contributed by atoms with van der Waals surface area (Å²) in [5.74, 6) is 1.87. The van der Waals surface area contributed by atoms with Gasteiger partial charge in [0.25, 0.3) is 0 Å². The summed E-state index contributed by atoms with van der Waals surface area (Å²) in [4.78, 5) is 16.5. The topological polar surface area (TPSA) is 80.1 Å². The molecule has 2 aromatic rings. The van der Waals surface area contributed by atoms with Crippen molar-refractivity contribution in [2.24, 2.45) is 11.8 Å². The number of aromatic nitrogens is 2. The number of halogens is 2. The summed E-state index contributed by atoms with van der Waals surface area (Å²) in [6.07, 6.45) is 2.81. The van der Waals surface area contributed by atoms with Crippen LogP contribution in [0.1, 0.15) is 32.1 Å². The highest BCUT2D eigenvalue weighted by Crippen LogP contribution is 2.24. The zero-order valence-electron chi connectivity index (χ0n) is 14.7. The van der Waals surface area contributed by atoms with Crippen molar-refractivity contribution in [2.45, 2.75) is 32.7 Å².